The first-order valence-electron chi connectivity index (χ1n) is 9.56. The minimum Gasteiger partial charge on any atom is -0.486 e. The van der Waals surface area contributed by atoms with Crippen molar-refractivity contribution in [2.45, 2.75) is 19.8 Å². The number of carbonyl (C=O) groups is 2. The highest BCUT2D eigenvalue weighted by atomic mass is 16.6. The summed E-state index contributed by atoms with van der Waals surface area (Å²) in [6.07, 6.45) is 3.65. The molecule has 1 aromatic heterocycles. The summed E-state index contributed by atoms with van der Waals surface area (Å²) in [5, 5.41) is 2.80. The molecule has 7 nitrogen and oxygen atoms in total. The zero-order valence-electron chi connectivity index (χ0n) is 15.8. The Labute approximate surface area is 163 Å². The van der Waals surface area contributed by atoms with Gasteiger partial charge in [0.25, 0.3) is 11.8 Å². The molecule has 4 rings (SSSR count). The molecule has 0 saturated carbocycles. The molecule has 7 heteroatoms. The highest BCUT2D eigenvalue weighted by Crippen LogP contribution is 2.32. The molecule has 2 aromatic rings. The Hall–Kier alpha value is -3.09. The monoisotopic (exact) mass is 381 g/mol. The minimum atomic E-state index is -0.377. The summed E-state index contributed by atoms with van der Waals surface area (Å²) >= 11 is 0. The maximum atomic E-state index is 12.8. The van der Waals surface area contributed by atoms with Crippen molar-refractivity contribution in [3.05, 3.63) is 47.8 Å². The normalized spacial score (nSPS) is 18.5. The topological polar surface area (TPSA) is 80.8 Å². The van der Waals surface area contributed by atoms with E-state index >= 15 is 0 Å². The first-order chi connectivity index (χ1) is 13.6. The van der Waals surface area contributed by atoms with E-state index in [-0.39, 0.29) is 17.5 Å². The molecule has 0 spiro atoms. The number of hydrogen-bond acceptors (Lipinski definition) is 5. The van der Waals surface area contributed by atoms with Crippen molar-refractivity contribution in [1.29, 1.82) is 0 Å². The molecule has 2 aliphatic heterocycles. The number of amides is 2. The van der Waals surface area contributed by atoms with E-state index in [1.54, 1.807) is 30.3 Å². The molecule has 1 unspecified atom stereocenters. The largest absolute Gasteiger partial charge is 0.486 e. The lowest BCUT2D eigenvalue weighted by Gasteiger charge is -2.31. The number of nitrogens with one attached hydrogen (secondary N) is 1. The van der Waals surface area contributed by atoms with E-state index in [1.165, 1.54) is 6.20 Å². The van der Waals surface area contributed by atoms with Gasteiger partial charge in [-0.3, -0.25) is 14.6 Å². The van der Waals surface area contributed by atoms with Gasteiger partial charge in [0, 0.05) is 36.6 Å². The molecule has 1 N–H and O–H groups in total. The molecule has 1 saturated heterocycles. The van der Waals surface area contributed by atoms with Crippen LogP contribution >= 0.6 is 0 Å². The third-order valence-electron chi connectivity index (χ3n) is 4.98. The Morgan fingerprint density at radius 1 is 1.14 bits per heavy atom. The number of ether oxygens (including phenoxy) is 2. The van der Waals surface area contributed by atoms with Gasteiger partial charge in [0.15, 0.2) is 11.5 Å². The molecule has 2 aliphatic rings. The van der Waals surface area contributed by atoms with Crippen molar-refractivity contribution in [3.8, 4) is 11.5 Å². The average Bonchev–Trinajstić information content (AvgIpc) is 2.73. The Bertz CT molecular complexity index is 899. The van der Waals surface area contributed by atoms with Crippen LogP contribution in [-0.4, -0.2) is 48.0 Å². The molecule has 2 amide bonds. The molecule has 1 atom stereocenters. The summed E-state index contributed by atoms with van der Waals surface area (Å²) in [6, 6.07) is 8.43. The maximum absolute atomic E-state index is 12.8. The van der Waals surface area contributed by atoms with Crippen LogP contribution < -0.4 is 14.8 Å². The van der Waals surface area contributed by atoms with Crippen LogP contribution in [-0.2, 0) is 0 Å². The fourth-order valence-electron chi connectivity index (χ4n) is 3.56. The van der Waals surface area contributed by atoms with Gasteiger partial charge in [-0.2, -0.15) is 0 Å². The quantitative estimate of drug-likeness (QED) is 0.884. The average molecular weight is 381 g/mol. The van der Waals surface area contributed by atoms with Gasteiger partial charge in [-0.05, 0) is 43.0 Å². The standard InChI is InChI=1S/C21H23N3O4/c1-14-3-2-8-24(13-14)21(26)15-6-7-22-17(11-15)20(25)23-16-4-5-18-19(12-16)28-10-9-27-18/h4-7,11-12,14H,2-3,8-10,13H2,1H3,(H,23,25). The second kappa shape index (κ2) is 7.88. The van der Waals surface area contributed by atoms with Crippen LogP contribution in [0.1, 0.15) is 40.6 Å². The molecule has 1 aromatic carbocycles. The fraction of sp³-hybridized carbons (Fsp3) is 0.381. The lowest BCUT2D eigenvalue weighted by Crippen LogP contribution is -2.39. The smallest absolute Gasteiger partial charge is 0.274 e. The van der Waals surface area contributed by atoms with Crippen LogP contribution in [0.15, 0.2) is 36.5 Å². The van der Waals surface area contributed by atoms with Crippen LogP contribution in [0.25, 0.3) is 0 Å². The lowest BCUT2D eigenvalue weighted by molar-refractivity contribution is 0.0683. The van der Waals surface area contributed by atoms with E-state index < -0.39 is 0 Å². The molecular weight excluding hydrogens is 358 g/mol. The highest BCUT2D eigenvalue weighted by molar-refractivity contribution is 6.05. The van der Waals surface area contributed by atoms with Crippen molar-refractivity contribution in [1.82, 2.24) is 9.88 Å². The van der Waals surface area contributed by atoms with E-state index in [1.807, 2.05) is 4.90 Å². The lowest BCUT2D eigenvalue weighted by atomic mass is 9.99. The third kappa shape index (κ3) is 3.93. The zero-order chi connectivity index (χ0) is 19.5. The van der Waals surface area contributed by atoms with E-state index in [2.05, 4.69) is 17.2 Å². The van der Waals surface area contributed by atoms with Gasteiger partial charge in [0.1, 0.15) is 18.9 Å². The van der Waals surface area contributed by atoms with Crippen LogP contribution in [0.3, 0.4) is 0 Å². The predicted molar refractivity (Wildman–Crippen MR) is 104 cm³/mol. The summed E-state index contributed by atoms with van der Waals surface area (Å²) in [5.74, 6) is 1.32. The van der Waals surface area contributed by atoms with Crippen molar-refractivity contribution >= 4 is 17.5 Å². The van der Waals surface area contributed by atoms with Gasteiger partial charge >= 0.3 is 0 Å². The van der Waals surface area contributed by atoms with Gasteiger partial charge in [-0.1, -0.05) is 6.92 Å². The van der Waals surface area contributed by atoms with Gasteiger partial charge in [0.2, 0.25) is 0 Å². The number of piperidine rings is 1. The number of nitrogens with zero attached hydrogens (tertiary/aromatic N) is 2. The van der Waals surface area contributed by atoms with Gasteiger partial charge in [-0.25, -0.2) is 0 Å². The molecule has 0 bridgehead atoms. The van der Waals surface area contributed by atoms with Crippen molar-refractivity contribution in [2.24, 2.45) is 5.92 Å². The summed E-state index contributed by atoms with van der Waals surface area (Å²) in [4.78, 5) is 31.4. The SMILES string of the molecule is CC1CCCN(C(=O)c2ccnc(C(=O)Nc3ccc4c(c3)OCCO4)c2)C1. The van der Waals surface area contributed by atoms with E-state index in [4.69, 9.17) is 9.47 Å². The first kappa shape index (κ1) is 18.3. The molecule has 1 fully saturated rings. The zero-order valence-corrected chi connectivity index (χ0v) is 15.8. The van der Waals surface area contributed by atoms with E-state index in [0.29, 0.717) is 41.9 Å². The number of carbonyl (C=O) groups excluding carboxylic acids is 2. The fourth-order valence-corrected chi connectivity index (χ4v) is 3.56. The number of benzene rings is 1. The minimum absolute atomic E-state index is 0.0534. The molecule has 3 heterocycles. The Kier molecular flexibility index (Phi) is 5.14. The van der Waals surface area contributed by atoms with Gasteiger partial charge < -0.3 is 19.7 Å². The number of rotatable bonds is 3. The summed E-state index contributed by atoms with van der Waals surface area (Å²) < 4.78 is 11.0. The third-order valence-corrected chi connectivity index (χ3v) is 4.98. The van der Waals surface area contributed by atoms with Gasteiger partial charge in [0.05, 0.1) is 0 Å². The van der Waals surface area contributed by atoms with Crippen LogP contribution in [0.5, 0.6) is 11.5 Å². The maximum Gasteiger partial charge on any atom is 0.274 e. The number of anilines is 1. The van der Waals surface area contributed by atoms with Crippen LogP contribution in [0.4, 0.5) is 5.69 Å². The number of hydrogen-bond donors (Lipinski definition) is 1. The number of fused-ring (bicyclic) bond motifs is 1. The van der Waals surface area contributed by atoms with Crippen LogP contribution in [0.2, 0.25) is 0 Å². The Morgan fingerprint density at radius 3 is 2.79 bits per heavy atom. The predicted octanol–water partition coefficient (Wildman–Crippen LogP) is 2.98. The Morgan fingerprint density at radius 2 is 1.96 bits per heavy atom. The second-order valence-corrected chi connectivity index (χ2v) is 7.24. The summed E-state index contributed by atoms with van der Waals surface area (Å²) in [7, 11) is 0. The first-order valence-corrected chi connectivity index (χ1v) is 9.56. The molecule has 146 valence electrons. The van der Waals surface area contributed by atoms with Crippen molar-refractivity contribution in [3.63, 3.8) is 0 Å². The van der Waals surface area contributed by atoms with E-state index in [0.717, 1.165) is 25.9 Å². The summed E-state index contributed by atoms with van der Waals surface area (Å²) in [6.45, 7) is 4.65. The number of likely N-dealkylation sites (tertiary alicyclic amines) is 1. The number of pyridine rings is 1. The van der Waals surface area contributed by atoms with Gasteiger partial charge in [-0.15, -0.1) is 0 Å². The highest BCUT2D eigenvalue weighted by Gasteiger charge is 2.23. The molecular formula is C21H23N3O4. The van der Waals surface area contributed by atoms with Crippen LogP contribution in [0, 0.1) is 5.92 Å². The molecule has 0 aliphatic carbocycles. The molecule has 28 heavy (non-hydrogen) atoms. The summed E-state index contributed by atoms with van der Waals surface area (Å²) in [5.41, 5.74) is 1.26. The van der Waals surface area contributed by atoms with Crippen molar-refractivity contribution < 1.29 is 19.1 Å². The molecule has 0 radical (unpaired) electrons. The number of aromatic nitrogens is 1. The second-order valence-electron chi connectivity index (χ2n) is 7.24. The Balaban J connectivity index is 1.48. The van der Waals surface area contributed by atoms with E-state index in [9.17, 15) is 9.59 Å². The van der Waals surface area contributed by atoms with Crippen molar-refractivity contribution in [2.75, 3.05) is 31.6 Å².